The summed E-state index contributed by atoms with van der Waals surface area (Å²) in [6, 6.07) is 3.43. The molecule has 1 rings (SSSR count). The summed E-state index contributed by atoms with van der Waals surface area (Å²) >= 11 is 6.05. The van der Waals surface area contributed by atoms with Crippen molar-refractivity contribution < 1.29 is 5.11 Å². The predicted molar refractivity (Wildman–Crippen MR) is 67.2 cm³/mol. The molecule has 0 aliphatic rings. The minimum Gasteiger partial charge on any atom is -0.391 e. The number of nitrogens with one attached hydrogen (secondary N) is 1. The summed E-state index contributed by atoms with van der Waals surface area (Å²) in [6.45, 7) is 12.4. The second-order valence-corrected chi connectivity index (χ2v) is 4.23. The second kappa shape index (κ2) is 5.20. The molecule has 0 unspecified atom stereocenters. The number of aliphatic hydroxyl groups is 1. The van der Waals surface area contributed by atoms with Gasteiger partial charge in [-0.2, -0.15) is 0 Å². The molecule has 0 bridgehead atoms. The molecule has 0 fully saturated rings. The Labute approximate surface area is 101 Å². The van der Waals surface area contributed by atoms with Gasteiger partial charge >= 0.3 is 0 Å². The van der Waals surface area contributed by atoms with E-state index in [0.29, 0.717) is 10.7 Å². The molecule has 0 amide bonds. The molecule has 0 saturated heterocycles. The van der Waals surface area contributed by atoms with Gasteiger partial charge in [-0.3, -0.25) is 0 Å². The first kappa shape index (κ1) is 12.8. The average molecular weight is 239 g/mol. The molecule has 4 heteroatoms. The van der Waals surface area contributed by atoms with Gasteiger partial charge in [0.25, 0.3) is 0 Å². The van der Waals surface area contributed by atoms with Crippen LogP contribution in [0.3, 0.4) is 0 Å². The second-order valence-electron chi connectivity index (χ2n) is 3.86. The molecule has 0 aliphatic carbocycles. The van der Waals surface area contributed by atoms with Gasteiger partial charge in [-0.15, -0.1) is 0 Å². The number of aliphatic hydroxyl groups excluding tert-OH is 1. The molecule has 86 valence electrons. The van der Waals surface area contributed by atoms with E-state index in [1.807, 2.05) is 19.9 Å². The van der Waals surface area contributed by atoms with E-state index in [-0.39, 0.29) is 6.04 Å². The van der Waals surface area contributed by atoms with E-state index < -0.39 is 6.10 Å². The SMILES string of the molecule is [C-]#[N+]c1ccc(N[C@@H](C)[C@H](C)O)c(C)c1Cl. The number of hydrogen-bond donors (Lipinski definition) is 2. The van der Waals surface area contributed by atoms with Gasteiger partial charge in [-0.05, 0) is 32.4 Å². The Hall–Kier alpha value is -1.24. The molecule has 2 atom stereocenters. The van der Waals surface area contributed by atoms with Crippen molar-refractivity contribution in [1.82, 2.24) is 0 Å². The fourth-order valence-electron chi connectivity index (χ4n) is 1.28. The zero-order valence-corrected chi connectivity index (χ0v) is 10.3. The van der Waals surface area contributed by atoms with Gasteiger partial charge in [-0.25, -0.2) is 4.85 Å². The number of nitrogens with zero attached hydrogens (tertiary/aromatic N) is 1. The van der Waals surface area contributed by atoms with Gasteiger partial charge < -0.3 is 10.4 Å². The van der Waals surface area contributed by atoms with E-state index in [1.54, 1.807) is 13.0 Å². The van der Waals surface area contributed by atoms with Crippen LogP contribution in [0.2, 0.25) is 5.02 Å². The largest absolute Gasteiger partial charge is 0.391 e. The summed E-state index contributed by atoms with van der Waals surface area (Å²) in [6.07, 6.45) is -0.446. The molecular weight excluding hydrogens is 224 g/mol. The van der Waals surface area contributed by atoms with E-state index in [0.717, 1.165) is 11.3 Å². The number of halogens is 1. The highest BCUT2D eigenvalue weighted by atomic mass is 35.5. The van der Waals surface area contributed by atoms with Crippen molar-refractivity contribution in [1.29, 1.82) is 0 Å². The lowest BCUT2D eigenvalue weighted by Crippen LogP contribution is -2.28. The normalized spacial score (nSPS) is 14.0. The molecular formula is C12H15ClN2O. The van der Waals surface area contributed by atoms with Gasteiger partial charge in [0.15, 0.2) is 0 Å². The summed E-state index contributed by atoms with van der Waals surface area (Å²) in [5.41, 5.74) is 2.14. The van der Waals surface area contributed by atoms with Crippen molar-refractivity contribution in [2.24, 2.45) is 0 Å². The van der Waals surface area contributed by atoms with Gasteiger partial charge in [0.2, 0.25) is 5.69 Å². The Kier molecular flexibility index (Phi) is 4.17. The first-order valence-corrected chi connectivity index (χ1v) is 5.46. The van der Waals surface area contributed by atoms with Crippen LogP contribution in [-0.4, -0.2) is 17.3 Å². The maximum atomic E-state index is 9.40. The van der Waals surface area contributed by atoms with Crippen LogP contribution < -0.4 is 5.32 Å². The predicted octanol–water partition coefficient (Wildman–Crippen LogP) is 3.38. The highest BCUT2D eigenvalue weighted by Gasteiger charge is 2.12. The minimum absolute atomic E-state index is 0.0615. The van der Waals surface area contributed by atoms with E-state index in [1.165, 1.54) is 0 Å². The molecule has 0 aromatic heterocycles. The Morgan fingerprint density at radius 1 is 1.44 bits per heavy atom. The summed E-state index contributed by atoms with van der Waals surface area (Å²) in [5.74, 6) is 0. The van der Waals surface area contributed by atoms with Crippen molar-refractivity contribution in [2.45, 2.75) is 32.9 Å². The molecule has 16 heavy (non-hydrogen) atoms. The number of rotatable bonds is 3. The Bertz CT molecular complexity index is 424. The van der Waals surface area contributed by atoms with Crippen LogP contribution in [0.4, 0.5) is 11.4 Å². The van der Waals surface area contributed by atoms with E-state index >= 15 is 0 Å². The van der Waals surface area contributed by atoms with Gasteiger partial charge in [0.1, 0.15) is 0 Å². The van der Waals surface area contributed by atoms with E-state index in [9.17, 15) is 5.11 Å². The minimum atomic E-state index is -0.446. The molecule has 1 aromatic carbocycles. The highest BCUT2D eigenvalue weighted by Crippen LogP contribution is 2.33. The van der Waals surface area contributed by atoms with Gasteiger partial charge in [0.05, 0.1) is 17.7 Å². The maximum absolute atomic E-state index is 9.40. The third-order valence-corrected chi connectivity index (χ3v) is 3.07. The van der Waals surface area contributed by atoms with Crippen LogP contribution >= 0.6 is 11.6 Å². The van der Waals surface area contributed by atoms with Crippen LogP contribution in [0.1, 0.15) is 19.4 Å². The summed E-state index contributed by atoms with van der Waals surface area (Å²) < 4.78 is 0. The molecule has 0 heterocycles. The fraction of sp³-hybridized carbons (Fsp3) is 0.417. The summed E-state index contributed by atoms with van der Waals surface area (Å²) in [7, 11) is 0. The topological polar surface area (TPSA) is 36.6 Å². The monoisotopic (exact) mass is 238 g/mol. The van der Waals surface area contributed by atoms with Crippen LogP contribution in [0, 0.1) is 13.5 Å². The smallest absolute Gasteiger partial charge is 0.205 e. The molecule has 3 nitrogen and oxygen atoms in total. The van der Waals surface area contributed by atoms with Crippen molar-refractivity contribution in [3.63, 3.8) is 0 Å². The lowest BCUT2D eigenvalue weighted by atomic mass is 10.1. The number of benzene rings is 1. The van der Waals surface area contributed by atoms with E-state index in [4.69, 9.17) is 18.2 Å². The maximum Gasteiger partial charge on any atom is 0.205 e. The zero-order valence-electron chi connectivity index (χ0n) is 9.58. The molecule has 0 spiro atoms. The first-order chi connectivity index (χ1) is 7.47. The number of hydrogen-bond acceptors (Lipinski definition) is 2. The third-order valence-electron chi connectivity index (χ3n) is 2.59. The fourth-order valence-corrected chi connectivity index (χ4v) is 1.49. The standard InChI is InChI=1S/C12H15ClN2O/c1-7-10(15-8(2)9(3)16)5-6-11(14-4)12(7)13/h5-6,8-9,15-16H,1-3H3/t8-,9-/m0/s1. The van der Waals surface area contributed by atoms with Crippen LogP contribution in [0.25, 0.3) is 4.85 Å². The van der Waals surface area contributed by atoms with E-state index in [2.05, 4.69) is 10.2 Å². The molecule has 2 N–H and O–H groups in total. The molecule has 0 saturated carbocycles. The lowest BCUT2D eigenvalue weighted by Gasteiger charge is -2.20. The molecule has 0 radical (unpaired) electrons. The quantitative estimate of drug-likeness (QED) is 0.792. The van der Waals surface area contributed by atoms with Crippen LogP contribution in [0.5, 0.6) is 0 Å². The van der Waals surface area contributed by atoms with Crippen molar-refractivity contribution in [2.75, 3.05) is 5.32 Å². The molecule has 0 aliphatic heterocycles. The molecule has 1 aromatic rings. The zero-order chi connectivity index (χ0) is 12.3. The Morgan fingerprint density at radius 2 is 2.06 bits per heavy atom. The van der Waals surface area contributed by atoms with Crippen molar-refractivity contribution in [3.05, 3.63) is 34.1 Å². The first-order valence-electron chi connectivity index (χ1n) is 5.08. The number of anilines is 1. The van der Waals surface area contributed by atoms with Gasteiger partial charge in [0, 0.05) is 11.7 Å². The third kappa shape index (κ3) is 2.66. The highest BCUT2D eigenvalue weighted by molar-refractivity contribution is 6.34. The van der Waals surface area contributed by atoms with Crippen molar-refractivity contribution >= 4 is 23.0 Å². The van der Waals surface area contributed by atoms with Crippen molar-refractivity contribution in [3.8, 4) is 0 Å². The lowest BCUT2D eigenvalue weighted by molar-refractivity contribution is 0.178. The Balaban J connectivity index is 3.00. The average Bonchev–Trinajstić information content (AvgIpc) is 2.25. The van der Waals surface area contributed by atoms with Gasteiger partial charge in [-0.1, -0.05) is 17.7 Å². The van der Waals surface area contributed by atoms with Crippen LogP contribution in [0.15, 0.2) is 12.1 Å². The summed E-state index contributed by atoms with van der Waals surface area (Å²) in [5, 5.41) is 13.0. The summed E-state index contributed by atoms with van der Waals surface area (Å²) in [4.78, 5) is 3.33. The Morgan fingerprint density at radius 3 is 2.56 bits per heavy atom. The van der Waals surface area contributed by atoms with Crippen LogP contribution in [-0.2, 0) is 0 Å².